The Morgan fingerprint density at radius 3 is 2.23 bits per heavy atom. The Kier molecular flexibility index (Phi) is 6.51. The summed E-state index contributed by atoms with van der Waals surface area (Å²) >= 11 is 13.5. The molecule has 31 heavy (non-hydrogen) atoms. The van der Waals surface area contributed by atoms with E-state index in [0.717, 1.165) is 27.9 Å². The molecule has 3 aromatic carbocycles. The van der Waals surface area contributed by atoms with Crippen LogP contribution >= 0.6 is 35.0 Å². The monoisotopic (exact) mass is 466 g/mol. The van der Waals surface area contributed by atoms with Gasteiger partial charge in [0.15, 0.2) is 5.17 Å². The summed E-state index contributed by atoms with van der Waals surface area (Å²) in [6.07, 6.45) is 1.80. The predicted octanol–water partition coefficient (Wildman–Crippen LogP) is 7.29. The number of amidine groups is 1. The summed E-state index contributed by atoms with van der Waals surface area (Å²) < 4.78 is 0. The lowest BCUT2D eigenvalue weighted by atomic mass is 10.1. The summed E-state index contributed by atoms with van der Waals surface area (Å²) in [5.41, 5.74) is 5.41. The number of carbonyl (C=O) groups excluding carboxylic acids is 1. The molecule has 4 rings (SSSR count). The van der Waals surface area contributed by atoms with Crippen LogP contribution in [-0.2, 0) is 10.5 Å². The number of amides is 1. The molecule has 0 unspecified atom stereocenters. The zero-order valence-corrected chi connectivity index (χ0v) is 19.4. The van der Waals surface area contributed by atoms with Gasteiger partial charge in [0, 0.05) is 15.8 Å². The largest absolute Gasteiger partial charge is 0.283 e. The standard InChI is InChI=1S/C25H20Cl2N2OS/c1-16-3-12-23(17(2)13-16)29-24(30)22(14-18-4-8-20(26)9-5-18)28-25(29)31-15-19-6-10-21(27)11-7-19/h3-14H,15H2,1-2H3. The zero-order valence-electron chi connectivity index (χ0n) is 17.1. The van der Waals surface area contributed by atoms with E-state index in [9.17, 15) is 4.79 Å². The summed E-state index contributed by atoms with van der Waals surface area (Å²) in [6, 6.07) is 21.1. The van der Waals surface area contributed by atoms with Gasteiger partial charge in [-0.25, -0.2) is 4.99 Å². The third kappa shape index (κ3) is 5.04. The van der Waals surface area contributed by atoms with Crippen molar-refractivity contribution >= 4 is 57.8 Å². The lowest BCUT2D eigenvalue weighted by Gasteiger charge is -2.20. The van der Waals surface area contributed by atoms with Gasteiger partial charge in [0.1, 0.15) is 5.70 Å². The number of aliphatic imine (C=N–C) groups is 1. The van der Waals surface area contributed by atoms with E-state index in [1.165, 1.54) is 11.8 Å². The van der Waals surface area contributed by atoms with Crippen molar-refractivity contribution in [2.75, 3.05) is 4.90 Å². The van der Waals surface area contributed by atoms with E-state index < -0.39 is 0 Å². The number of hydrogen-bond acceptors (Lipinski definition) is 3. The van der Waals surface area contributed by atoms with Crippen LogP contribution in [0.25, 0.3) is 6.08 Å². The van der Waals surface area contributed by atoms with Crippen molar-refractivity contribution in [2.24, 2.45) is 4.99 Å². The first kappa shape index (κ1) is 21.7. The summed E-state index contributed by atoms with van der Waals surface area (Å²) in [7, 11) is 0. The molecule has 1 aliphatic heterocycles. The number of halogens is 2. The quantitative estimate of drug-likeness (QED) is 0.378. The van der Waals surface area contributed by atoms with Crippen LogP contribution in [0.5, 0.6) is 0 Å². The van der Waals surface area contributed by atoms with Gasteiger partial charge in [-0.15, -0.1) is 0 Å². The van der Waals surface area contributed by atoms with E-state index in [1.807, 2.05) is 62.4 Å². The third-order valence-corrected chi connectivity index (χ3v) is 6.39. The highest BCUT2D eigenvalue weighted by molar-refractivity contribution is 8.13. The van der Waals surface area contributed by atoms with Gasteiger partial charge in [0.05, 0.1) is 5.69 Å². The number of thioether (sulfide) groups is 1. The molecule has 0 bridgehead atoms. The van der Waals surface area contributed by atoms with Crippen LogP contribution in [0.15, 0.2) is 77.4 Å². The molecule has 6 heteroatoms. The molecule has 0 aliphatic carbocycles. The van der Waals surface area contributed by atoms with Crippen LogP contribution in [-0.4, -0.2) is 11.1 Å². The minimum atomic E-state index is -0.138. The number of nitrogens with zero attached hydrogens (tertiary/aromatic N) is 2. The Hall–Kier alpha value is -2.53. The number of anilines is 1. The maximum atomic E-state index is 13.4. The van der Waals surface area contributed by atoms with Gasteiger partial charge < -0.3 is 0 Å². The minimum absolute atomic E-state index is 0.138. The fourth-order valence-corrected chi connectivity index (χ4v) is 4.52. The van der Waals surface area contributed by atoms with Crippen molar-refractivity contribution < 1.29 is 4.79 Å². The number of carbonyl (C=O) groups is 1. The summed E-state index contributed by atoms with van der Waals surface area (Å²) in [5.74, 6) is 0.541. The van der Waals surface area contributed by atoms with Gasteiger partial charge in [0.2, 0.25) is 0 Å². The molecule has 156 valence electrons. The van der Waals surface area contributed by atoms with Crippen LogP contribution in [0.2, 0.25) is 10.0 Å². The van der Waals surface area contributed by atoms with E-state index in [4.69, 9.17) is 28.2 Å². The molecule has 0 N–H and O–H groups in total. The van der Waals surface area contributed by atoms with Gasteiger partial charge in [-0.1, -0.05) is 76.9 Å². The predicted molar refractivity (Wildman–Crippen MR) is 133 cm³/mol. The molecule has 3 nitrogen and oxygen atoms in total. The lowest BCUT2D eigenvalue weighted by molar-refractivity contribution is -0.113. The molecular formula is C25H20Cl2N2OS. The van der Waals surface area contributed by atoms with Crippen LogP contribution in [0.3, 0.4) is 0 Å². The second kappa shape index (κ2) is 9.31. The van der Waals surface area contributed by atoms with Crippen molar-refractivity contribution in [3.63, 3.8) is 0 Å². The molecule has 0 saturated heterocycles. The average Bonchev–Trinajstić information content (AvgIpc) is 3.04. The highest BCUT2D eigenvalue weighted by Crippen LogP contribution is 2.33. The van der Waals surface area contributed by atoms with Gasteiger partial charge in [-0.3, -0.25) is 9.69 Å². The van der Waals surface area contributed by atoms with E-state index in [2.05, 4.69) is 6.07 Å². The molecule has 0 spiro atoms. The topological polar surface area (TPSA) is 32.7 Å². The zero-order chi connectivity index (χ0) is 22.0. The SMILES string of the molecule is Cc1ccc(N2C(=O)C(=Cc3ccc(Cl)cc3)N=C2SCc2ccc(Cl)cc2)c(C)c1. The van der Waals surface area contributed by atoms with Crippen LogP contribution < -0.4 is 4.90 Å². The molecule has 0 radical (unpaired) electrons. The van der Waals surface area contributed by atoms with Gasteiger partial charge in [-0.05, 0) is 66.9 Å². The van der Waals surface area contributed by atoms with Gasteiger partial charge in [-0.2, -0.15) is 0 Å². The summed E-state index contributed by atoms with van der Waals surface area (Å²) in [5, 5.41) is 2.01. The fourth-order valence-electron chi connectivity index (χ4n) is 3.31. The van der Waals surface area contributed by atoms with Crippen molar-refractivity contribution in [1.29, 1.82) is 0 Å². The van der Waals surface area contributed by atoms with Crippen LogP contribution in [0, 0.1) is 13.8 Å². The van der Waals surface area contributed by atoms with Crippen molar-refractivity contribution in [1.82, 2.24) is 0 Å². The molecule has 1 heterocycles. The average molecular weight is 467 g/mol. The first-order valence-corrected chi connectivity index (χ1v) is 11.5. The van der Waals surface area contributed by atoms with Crippen LogP contribution in [0.4, 0.5) is 5.69 Å². The maximum absolute atomic E-state index is 13.4. The first-order chi connectivity index (χ1) is 14.9. The fraction of sp³-hybridized carbons (Fsp3) is 0.120. The molecular weight excluding hydrogens is 447 g/mol. The molecule has 0 atom stereocenters. The van der Waals surface area contributed by atoms with Crippen molar-refractivity contribution in [3.8, 4) is 0 Å². The van der Waals surface area contributed by atoms with E-state index in [-0.39, 0.29) is 5.91 Å². The normalized spacial score (nSPS) is 15.0. The van der Waals surface area contributed by atoms with Crippen molar-refractivity contribution in [2.45, 2.75) is 19.6 Å². The summed E-state index contributed by atoms with van der Waals surface area (Å²) in [4.78, 5) is 19.8. The number of rotatable bonds is 4. The highest BCUT2D eigenvalue weighted by atomic mass is 35.5. The number of hydrogen-bond donors (Lipinski definition) is 0. The van der Waals surface area contributed by atoms with E-state index >= 15 is 0 Å². The third-order valence-electron chi connectivity index (χ3n) is 4.88. The molecule has 1 aliphatic rings. The Labute approximate surface area is 196 Å². The number of benzene rings is 3. The van der Waals surface area contributed by atoms with Gasteiger partial charge in [0.25, 0.3) is 5.91 Å². The van der Waals surface area contributed by atoms with E-state index in [0.29, 0.717) is 26.7 Å². The molecule has 0 saturated carbocycles. The molecule has 3 aromatic rings. The second-order valence-corrected chi connectivity index (χ2v) is 9.14. The molecule has 0 fully saturated rings. The Morgan fingerprint density at radius 1 is 0.935 bits per heavy atom. The lowest BCUT2D eigenvalue weighted by Crippen LogP contribution is -2.31. The van der Waals surface area contributed by atoms with E-state index in [1.54, 1.807) is 23.1 Å². The Bertz CT molecular complexity index is 1190. The van der Waals surface area contributed by atoms with Gasteiger partial charge >= 0.3 is 0 Å². The second-order valence-electron chi connectivity index (χ2n) is 7.32. The minimum Gasteiger partial charge on any atom is -0.266 e. The Balaban J connectivity index is 1.68. The number of aryl methyl sites for hydroxylation is 2. The maximum Gasteiger partial charge on any atom is 0.283 e. The molecule has 0 aromatic heterocycles. The van der Waals surface area contributed by atoms with Crippen LogP contribution in [0.1, 0.15) is 22.3 Å². The Morgan fingerprint density at radius 2 is 1.58 bits per heavy atom. The smallest absolute Gasteiger partial charge is 0.266 e. The molecule has 1 amide bonds. The van der Waals surface area contributed by atoms with Crippen molar-refractivity contribution in [3.05, 3.63) is 105 Å². The highest BCUT2D eigenvalue weighted by Gasteiger charge is 2.32. The summed E-state index contributed by atoms with van der Waals surface area (Å²) in [6.45, 7) is 4.05. The first-order valence-electron chi connectivity index (χ1n) is 9.75.